The van der Waals surface area contributed by atoms with Crippen molar-refractivity contribution in [2.75, 3.05) is 5.32 Å². The zero-order valence-corrected chi connectivity index (χ0v) is 14.5. The molecular formula is C17H13N3O3S2. The lowest BCUT2D eigenvalue weighted by Crippen LogP contribution is -2.23. The molecule has 1 aliphatic rings. The number of amidine groups is 1. The molecule has 0 atom stereocenters. The molecule has 1 aliphatic heterocycles. The van der Waals surface area contributed by atoms with Crippen molar-refractivity contribution in [1.29, 1.82) is 0 Å². The molecule has 3 aromatic rings. The monoisotopic (exact) mass is 371 g/mol. The maximum absolute atomic E-state index is 12.3. The van der Waals surface area contributed by atoms with Crippen LogP contribution in [0.1, 0.15) is 16.8 Å². The van der Waals surface area contributed by atoms with E-state index in [2.05, 4.69) is 26.1 Å². The largest absolute Gasteiger partial charge is 0.508 e. The first kappa shape index (κ1) is 15.8. The Morgan fingerprint density at radius 1 is 1.12 bits per heavy atom. The summed E-state index contributed by atoms with van der Waals surface area (Å²) in [6.07, 6.45) is 2.49. The fourth-order valence-electron chi connectivity index (χ4n) is 2.56. The second kappa shape index (κ2) is 5.98. The molecule has 0 spiro atoms. The summed E-state index contributed by atoms with van der Waals surface area (Å²) in [6, 6.07) is 9.81. The van der Waals surface area contributed by atoms with Gasteiger partial charge >= 0.3 is 0 Å². The van der Waals surface area contributed by atoms with E-state index < -0.39 is 10.0 Å². The van der Waals surface area contributed by atoms with Crippen LogP contribution in [0.2, 0.25) is 0 Å². The molecule has 25 heavy (non-hydrogen) atoms. The van der Waals surface area contributed by atoms with E-state index in [-0.39, 0.29) is 16.5 Å². The van der Waals surface area contributed by atoms with Gasteiger partial charge in [-0.2, -0.15) is 19.8 Å². The number of fused-ring (bicyclic) bond motifs is 1. The first-order chi connectivity index (χ1) is 12.0. The van der Waals surface area contributed by atoms with Gasteiger partial charge in [0.05, 0.1) is 5.69 Å². The van der Waals surface area contributed by atoms with Crippen LogP contribution in [0.15, 0.2) is 62.6 Å². The van der Waals surface area contributed by atoms with Crippen molar-refractivity contribution in [1.82, 2.24) is 4.98 Å². The van der Waals surface area contributed by atoms with E-state index in [9.17, 15) is 13.5 Å². The normalized spacial score (nSPS) is 15.1. The zero-order chi connectivity index (χ0) is 17.4. The Balaban J connectivity index is 1.64. The molecule has 126 valence electrons. The standard InChI is InChI=1S/C17H13N3O3S2/c21-13-2-4-14-16(8-13)25(22,23)20-17(19-14)15-3-1-11(9-18-15)7-12-5-6-24-10-12/h1-6,8-10,21H,7H2,(H,19,20). The van der Waals surface area contributed by atoms with E-state index >= 15 is 0 Å². The number of aromatic hydroxyl groups is 1. The van der Waals surface area contributed by atoms with Gasteiger partial charge in [-0.05, 0) is 52.6 Å². The van der Waals surface area contributed by atoms with Gasteiger partial charge < -0.3 is 10.4 Å². The summed E-state index contributed by atoms with van der Waals surface area (Å²) in [5.74, 6) is 0.0407. The third-order valence-electron chi connectivity index (χ3n) is 3.76. The Kier molecular flexibility index (Phi) is 3.78. The summed E-state index contributed by atoms with van der Waals surface area (Å²) in [5, 5.41) is 16.6. The number of hydrogen-bond donors (Lipinski definition) is 2. The number of pyridine rings is 1. The Morgan fingerprint density at radius 3 is 2.72 bits per heavy atom. The van der Waals surface area contributed by atoms with Crippen molar-refractivity contribution >= 4 is 32.9 Å². The van der Waals surface area contributed by atoms with Gasteiger partial charge in [-0.15, -0.1) is 4.40 Å². The molecule has 4 rings (SSSR count). The minimum absolute atomic E-state index is 0.0506. The molecule has 0 saturated heterocycles. The third kappa shape index (κ3) is 3.13. The Hall–Kier alpha value is -2.71. The molecule has 6 nitrogen and oxygen atoms in total. The molecule has 0 radical (unpaired) electrons. The maximum Gasteiger partial charge on any atom is 0.286 e. The Bertz CT molecular complexity index is 1060. The molecule has 2 aromatic heterocycles. The molecule has 0 amide bonds. The van der Waals surface area contributed by atoms with Crippen molar-refractivity contribution < 1.29 is 13.5 Å². The van der Waals surface area contributed by atoms with Gasteiger partial charge in [0.2, 0.25) is 0 Å². The number of nitrogens with zero attached hydrogens (tertiary/aromatic N) is 2. The van der Waals surface area contributed by atoms with Crippen molar-refractivity contribution in [3.8, 4) is 5.75 Å². The van der Waals surface area contributed by atoms with E-state index in [0.29, 0.717) is 11.4 Å². The lowest BCUT2D eigenvalue weighted by atomic mass is 10.1. The summed E-state index contributed by atoms with van der Waals surface area (Å²) in [4.78, 5) is 4.28. The van der Waals surface area contributed by atoms with Gasteiger partial charge in [0, 0.05) is 12.3 Å². The molecule has 2 N–H and O–H groups in total. The van der Waals surface area contributed by atoms with Gasteiger partial charge in [-0.25, -0.2) is 0 Å². The van der Waals surface area contributed by atoms with Gasteiger partial charge in [0.1, 0.15) is 16.3 Å². The second-order valence-electron chi connectivity index (χ2n) is 5.58. The van der Waals surface area contributed by atoms with Gasteiger partial charge in [0.15, 0.2) is 5.84 Å². The smallest absolute Gasteiger partial charge is 0.286 e. The van der Waals surface area contributed by atoms with Crippen LogP contribution in [-0.2, 0) is 16.4 Å². The van der Waals surface area contributed by atoms with Crippen LogP contribution in [0.3, 0.4) is 0 Å². The van der Waals surface area contributed by atoms with Crippen LogP contribution in [0.25, 0.3) is 0 Å². The zero-order valence-electron chi connectivity index (χ0n) is 12.9. The predicted octanol–water partition coefficient (Wildman–Crippen LogP) is 3.00. The first-order valence-electron chi connectivity index (χ1n) is 7.43. The minimum atomic E-state index is -3.89. The molecule has 1 aromatic carbocycles. The number of phenolic OH excluding ortho intramolecular Hbond substituents is 1. The number of rotatable bonds is 3. The number of benzene rings is 1. The molecule has 0 unspecified atom stereocenters. The van der Waals surface area contributed by atoms with E-state index in [4.69, 9.17) is 0 Å². The van der Waals surface area contributed by atoms with Crippen LogP contribution in [-0.4, -0.2) is 24.3 Å². The number of hydrogen-bond acceptors (Lipinski definition) is 6. The van der Waals surface area contributed by atoms with Gasteiger partial charge in [-0.3, -0.25) is 4.98 Å². The summed E-state index contributed by atoms with van der Waals surface area (Å²) < 4.78 is 28.4. The predicted molar refractivity (Wildman–Crippen MR) is 96.8 cm³/mol. The number of nitrogens with one attached hydrogen (secondary N) is 1. The molecule has 0 bridgehead atoms. The van der Waals surface area contributed by atoms with Crippen LogP contribution in [0, 0.1) is 0 Å². The average molecular weight is 371 g/mol. The fourth-order valence-corrected chi connectivity index (χ4v) is 4.37. The number of sulfonamides is 1. The topological polar surface area (TPSA) is 91.7 Å². The highest BCUT2D eigenvalue weighted by Gasteiger charge is 2.26. The van der Waals surface area contributed by atoms with Crippen LogP contribution in [0.4, 0.5) is 5.69 Å². The van der Waals surface area contributed by atoms with Crippen molar-refractivity contribution in [3.63, 3.8) is 0 Å². The number of anilines is 1. The highest BCUT2D eigenvalue weighted by Crippen LogP contribution is 2.31. The molecule has 0 saturated carbocycles. The lowest BCUT2D eigenvalue weighted by molar-refractivity contribution is 0.473. The van der Waals surface area contributed by atoms with Gasteiger partial charge in [0.25, 0.3) is 10.0 Å². The van der Waals surface area contributed by atoms with E-state index in [1.54, 1.807) is 23.6 Å². The fraction of sp³-hybridized carbons (Fsp3) is 0.0588. The van der Waals surface area contributed by atoms with E-state index in [1.807, 2.05) is 11.4 Å². The van der Waals surface area contributed by atoms with Crippen molar-refractivity contribution in [2.45, 2.75) is 11.3 Å². The first-order valence-corrected chi connectivity index (χ1v) is 9.81. The number of phenols is 1. The SMILES string of the molecule is O=S1(=O)N=C(c2ccc(Cc3ccsc3)cn2)Nc2ccc(O)cc21. The molecule has 0 aliphatic carbocycles. The maximum atomic E-state index is 12.3. The van der Waals surface area contributed by atoms with E-state index in [1.165, 1.54) is 23.8 Å². The highest BCUT2D eigenvalue weighted by molar-refractivity contribution is 7.90. The molecule has 8 heteroatoms. The van der Waals surface area contributed by atoms with E-state index in [0.717, 1.165) is 12.0 Å². The Labute approximate surface area is 148 Å². The average Bonchev–Trinajstić information content (AvgIpc) is 3.09. The number of thiophene rings is 1. The quantitative estimate of drug-likeness (QED) is 0.691. The highest BCUT2D eigenvalue weighted by atomic mass is 32.2. The second-order valence-corrected chi connectivity index (χ2v) is 7.93. The number of aromatic nitrogens is 1. The van der Waals surface area contributed by atoms with Crippen LogP contribution < -0.4 is 5.32 Å². The molecular weight excluding hydrogens is 358 g/mol. The van der Waals surface area contributed by atoms with Crippen LogP contribution >= 0.6 is 11.3 Å². The van der Waals surface area contributed by atoms with Crippen molar-refractivity contribution in [2.24, 2.45) is 4.40 Å². The summed E-state index contributed by atoms with van der Waals surface area (Å²) in [5.41, 5.74) is 3.05. The third-order valence-corrected chi connectivity index (χ3v) is 5.81. The lowest BCUT2D eigenvalue weighted by Gasteiger charge is -2.18. The summed E-state index contributed by atoms with van der Waals surface area (Å²) >= 11 is 1.64. The Morgan fingerprint density at radius 2 is 2.00 bits per heavy atom. The summed E-state index contributed by atoms with van der Waals surface area (Å²) in [6.45, 7) is 0. The van der Waals surface area contributed by atoms with Crippen LogP contribution in [0.5, 0.6) is 5.75 Å². The summed E-state index contributed by atoms with van der Waals surface area (Å²) in [7, 11) is -3.89. The molecule has 3 heterocycles. The minimum Gasteiger partial charge on any atom is -0.508 e. The molecule has 0 fully saturated rings. The van der Waals surface area contributed by atoms with Crippen molar-refractivity contribution in [3.05, 3.63) is 70.2 Å². The van der Waals surface area contributed by atoms with Gasteiger partial charge in [-0.1, -0.05) is 6.07 Å².